The minimum atomic E-state index is -0.597. The van der Waals surface area contributed by atoms with E-state index in [9.17, 15) is 9.59 Å². The molecular formula is C20H38O4. The molecule has 0 radical (unpaired) electrons. The SMILES string of the molecule is CCCCCCCCCCCCCCCCCC(=O)OOC(C)=O. The van der Waals surface area contributed by atoms with Crippen molar-refractivity contribution >= 4 is 11.9 Å². The predicted octanol–water partition coefficient (Wildman–Crippen LogP) is 6.27. The number of unbranched alkanes of at least 4 members (excludes halogenated alkanes) is 14. The second-order valence-electron chi connectivity index (χ2n) is 6.73. The molecule has 0 bridgehead atoms. The largest absolute Gasteiger partial charge is 0.355 e. The van der Waals surface area contributed by atoms with E-state index in [0.29, 0.717) is 6.42 Å². The molecule has 0 saturated heterocycles. The lowest BCUT2D eigenvalue weighted by Crippen LogP contribution is -2.08. The Morgan fingerprint density at radius 3 is 1.33 bits per heavy atom. The van der Waals surface area contributed by atoms with Gasteiger partial charge in [-0.2, -0.15) is 0 Å². The molecule has 0 N–H and O–H groups in total. The molecule has 0 aliphatic carbocycles. The summed E-state index contributed by atoms with van der Waals surface area (Å²) in [6.07, 6.45) is 19.7. The summed E-state index contributed by atoms with van der Waals surface area (Å²) < 4.78 is 0. The molecule has 0 aromatic rings. The van der Waals surface area contributed by atoms with Crippen molar-refractivity contribution in [1.29, 1.82) is 0 Å². The number of hydrogen-bond acceptors (Lipinski definition) is 4. The van der Waals surface area contributed by atoms with Gasteiger partial charge in [-0.1, -0.05) is 96.8 Å². The highest BCUT2D eigenvalue weighted by Crippen LogP contribution is 2.13. The van der Waals surface area contributed by atoms with Crippen LogP contribution < -0.4 is 0 Å². The first-order valence-electron chi connectivity index (χ1n) is 10.0. The van der Waals surface area contributed by atoms with Crippen molar-refractivity contribution in [3.8, 4) is 0 Å². The molecule has 142 valence electrons. The van der Waals surface area contributed by atoms with Gasteiger partial charge in [-0.3, -0.25) is 0 Å². The second kappa shape index (κ2) is 18.3. The summed E-state index contributed by atoms with van der Waals surface area (Å²) in [5, 5.41) is 0. The second-order valence-corrected chi connectivity index (χ2v) is 6.73. The minimum absolute atomic E-state index is 0.325. The lowest BCUT2D eigenvalue weighted by molar-refractivity contribution is -0.257. The van der Waals surface area contributed by atoms with Crippen LogP contribution in [0.25, 0.3) is 0 Å². The molecule has 24 heavy (non-hydrogen) atoms. The highest BCUT2D eigenvalue weighted by atomic mass is 17.2. The van der Waals surface area contributed by atoms with Crippen molar-refractivity contribution in [2.24, 2.45) is 0 Å². The van der Waals surface area contributed by atoms with Gasteiger partial charge in [0.05, 0.1) is 6.42 Å². The Balaban J connectivity index is 3.10. The molecule has 4 heteroatoms. The highest BCUT2D eigenvalue weighted by molar-refractivity contribution is 5.71. The first kappa shape index (κ1) is 22.9. The maximum atomic E-state index is 11.2. The summed E-state index contributed by atoms with van der Waals surface area (Å²) in [5.74, 6) is -1.06. The quantitative estimate of drug-likeness (QED) is 0.188. The van der Waals surface area contributed by atoms with Gasteiger partial charge in [0.2, 0.25) is 0 Å². The average Bonchev–Trinajstić information content (AvgIpc) is 2.56. The fourth-order valence-electron chi connectivity index (χ4n) is 2.79. The van der Waals surface area contributed by atoms with Crippen LogP contribution in [0, 0.1) is 0 Å². The van der Waals surface area contributed by atoms with E-state index in [1.807, 2.05) is 0 Å². The Hall–Kier alpha value is -1.06. The van der Waals surface area contributed by atoms with E-state index in [1.165, 1.54) is 84.0 Å². The van der Waals surface area contributed by atoms with E-state index in [0.717, 1.165) is 19.3 Å². The van der Waals surface area contributed by atoms with Crippen LogP contribution in [0.15, 0.2) is 0 Å². The van der Waals surface area contributed by atoms with Crippen LogP contribution in [0.1, 0.15) is 117 Å². The van der Waals surface area contributed by atoms with Crippen LogP contribution in [0.4, 0.5) is 0 Å². The van der Waals surface area contributed by atoms with Crippen LogP contribution >= 0.6 is 0 Å². The number of carbonyl (C=O) groups is 2. The fourth-order valence-corrected chi connectivity index (χ4v) is 2.79. The van der Waals surface area contributed by atoms with Gasteiger partial charge in [0.1, 0.15) is 0 Å². The highest BCUT2D eigenvalue weighted by Gasteiger charge is 2.05. The molecule has 0 unspecified atom stereocenters. The molecule has 4 nitrogen and oxygen atoms in total. The molecular weight excluding hydrogens is 304 g/mol. The molecule has 0 fully saturated rings. The zero-order valence-electron chi connectivity index (χ0n) is 15.9. The molecule has 0 aliphatic heterocycles. The lowest BCUT2D eigenvalue weighted by atomic mass is 10.0. The summed E-state index contributed by atoms with van der Waals surface area (Å²) in [5.41, 5.74) is 0. The monoisotopic (exact) mass is 342 g/mol. The predicted molar refractivity (Wildman–Crippen MR) is 97.4 cm³/mol. The van der Waals surface area contributed by atoms with Crippen molar-refractivity contribution in [2.45, 2.75) is 117 Å². The first-order chi connectivity index (χ1) is 11.7. The van der Waals surface area contributed by atoms with Crippen LogP contribution in [0.2, 0.25) is 0 Å². The number of carbonyl (C=O) groups excluding carboxylic acids is 2. The summed E-state index contributed by atoms with van der Waals surface area (Å²) in [7, 11) is 0. The van der Waals surface area contributed by atoms with Crippen molar-refractivity contribution < 1.29 is 19.4 Å². The topological polar surface area (TPSA) is 52.6 Å². The van der Waals surface area contributed by atoms with Gasteiger partial charge in [-0.05, 0) is 6.42 Å². The van der Waals surface area contributed by atoms with E-state index < -0.39 is 11.9 Å². The van der Waals surface area contributed by atoms with Crippen molar-refractivity contribution in [3.63, 3.8) is 0 Å². The van der Waals surface area contributed by atoms with Crippen LogP contribution in [-0.2, 0) is 19.4 Å². The Kier molecular flexibility index (Phi) is 17.5. The lowest BCUT2D eigenvalue weighted by Gasteiger charge is -2.03. The van der Waals surface area contributed by atoms with Crippen molar-refractivity contribution in [3.05, 3.63) is 0 Å². The molecule has 0 aromatic heterocycles. The average molecular weight is 343 g/mol. The summed E-state index contributed by atoms with van der Waals surface area (Å²) in [6.45, 7) is 3.47. The van der Waals surface area contributed by atoms with Crippen molar-refractivity contribution in [1.82, 2.24) is 0 Å². The van der Waals surface area contributed by atoms with Crippen LogP contribution in [0.3, 0.4) is 0 Å². The van der Waals surface area contributed by atoms with Crippen LogP contribution in [-0.4, -0.2) is 11.9 Å². The fraction of sp³-hybridized carbons (Fsp3) is 0.900. The Bertz CT molecular complexity index is 302. The van der Waals surface area contributed by atoms with E-state index >= 15 is 0 Å². The number of hydrogen-bond donors (Lipinski definition) is 0. The van der Waals surface area contributed by atoms with E-state index in [-0.39, 0.29) is 0 Å². The van der Waals surface area contributed by atoms with Gasteiger partial charge in [0.25, 0.3) is 0 Å². The Labute approximate surface area is 148 Å². The van der Waals surface area contributed by atoms with E-state index in [2.05, 4.69) is 16.7 Å². The maximum absolute atomic E-state index is 11.2. The maximum Gasteiger partial charge on any atom is 0.355 e. The van der Waals surface area contributed by atoms with Gasteiger partial charge in [-0.15, -0.1) is 0 Å². The zero-order valence-corrected chi connectivity index (χ0v) is 15.9. The molecule has 0 amide bonds. The normalized spacial score (nSPS) is 10.6. The Morgan fingerprint density at radius 2 is 0.958 bits per heavy atom. The third-order valence-corrected chi connectivity index (χ3v) is 4.24. The molecule has 0 saturated carbocycles. The molecule has 0 rings (SSSR count). The molecule has 0 spiro atoms. The van der Waals surface area contributed by atoms with Gasteiger partial charge in [0.15, 0.2) is 0 Å². The Morgan fingerprint density at radius 1 is 0.583 bits per heavy atom. The van der Waals surface area contributed by atoms with Gasteiger partial charge in [0, 0.05) is 6.92 Å². The standard InChI is InChI=1S/C20H38O4/c1-3-4-5-6-7-8-9-10-11-12-13-14-15-16-17-18-20(22)24-23-19(2)21/h3-18H2,1-2H3. The zero-order chi connectivity index (χ0) is 17.9. The minimum Gasteiger partial charge on any atom is -0.248 e. The number of rotatable bonds is 16. The smallest absolute Gasteiger partial charge is 0.248 e. The summed E-state index contributed by atoms with van der Waals surface area (Å²) >= 11 is 0. The van der Waals surface area contributed by atoms with E-state index in [4.69, 9.17) is 0 Å². The third kappa shape index (κ3) is 19.0. The molecule has 0 heterocycles. The van der Waals surface area contributed by atoms with Gasteiger partial charge < -0.3 is 0 Å². The summed E-state index contributed by atoms with van der Waals surface area (Å²) in [6, 6.07) is 0. The van der Waals surface area contributed by atoms with Gasteiger partial charge >= 0.3 is 11.9 Å². The van der Waals surface area contributed by atoms with E-state index in [1.54, 1.807) is 0 Å². The summed E-state index contributed by atoms with van der Waals surface area (Å²) in [4.78, 5) is 30.2. The third-order valence-electron chi connectivity index (χ3n) is 4.24. The molecule has 0 aromatic carbocycles. The molecule has 0 atom stereocenters. The molecule has 0 aliphatic rings. The van der Waals surface area contributed by atoms with Crippen molar-refractivity contribution in [2.75, 3.05) is 0 Å². The van der Waals surface area contributed by atoms with Gasteiger partial charge in [-0.25, -0.2) is 19.4 Å². The van der Waals surface area contributed by atoms with Crippen LogP contribution in [0.5, 0.6) is 0 Å². The first-order valence-corrected chi connectivity index (χ1v) is 10.0.